The molecular formula is C22H26N2O5. The zero-order valence-electron chi connectivity index (χ0n) is 16.8. The molecule has 2 heterocycles. The maximum Gasteiger partial charge on any atom is 0.313 e. The van der Waals surface area contributed by atoms with E-state index in [4.69, 9.17) is 9.47 Å². The zero-order valence-corrected chi connectivity index (χ0v) is 16.8. The van der Waals surface area contributed by atoms with E-state index in [1.807, 2.05) is 31.2 Å². The van der Waals surface area contributed by atoms with E-state index in [9.17, 15) is 14.7 Å². The Hall–Kier alpha value is -2.93. The van der Waals surface area contributed by atoms with Crippen molar-refractivity contribution in [3.8, 4) is 5.75 Å². The maximum absolute atomic E-state index is 13.0. The van der Waals surface area contributed by atoms with Gasteiger partial charge in [-0.1, -0.05) is 12.1 Å². The van der Waals surface area contributed by atoms with Crippen molar-refractivity contribution in [2.45, 2.75) is 26.4 Å². The minimum absolute atomic E-state index is 0.0879. The first-order valence-corrected chi connectivity index (χ1v) is 9.59. The van der Waals surface area contributed by atoms with Crippen LogP contribution in [-0.4, -0.2) is 53.7 Å². The Balaban J connectivity index is 1.69. The Morgan fingerprint density at radius 3 is 2.79 bits per heavy atom. The summed E-state index contributed by atoms with van der Waals surface area (Å²) in [5.41, 5.74) is 1.24. The summed E-state index contributed by atoms with van der Waals surface area (Å²) >= 11 is 0. The molecule has 1 saturated heterocycles. The van der Waals surface area contributed by atoms with Gasteiger partial charge >= 0.3 is 5.97 Å². The number of carboxylic acids is 1. The zero-order chi connectivity index (χ0) is 20.9. The lowest BCUT2D eigenvalue weighted by Gasteiger charge is -2.39. The van der Waals surface area contributed by atoms with E-state index in [1.165, 1.54) is 7.11 Å². The third kappa shape index (κ3) is 4.92. The molecule has 0 saturated carbocycles. The van der Waals surface area contributed by atoms with Gasteiger partial charge in [0.05, 0.1) is 12.8 Å². The van der Waals surface area contributed by atoms with Gasteiger partial charge in [0, 0.05) is 31.5 Å². The van der Waals surface area contributed by atoms with E-state index < -0.39 is 11.4 Å². The Kier molecular flexibility index (Phi) is 6.49. The van der Waals surface area contributed by atoms with Gasteiger partial charge in [0.25, 0.3) is 5.91 Å². The van der Waals surface area contributed by atoms with Crippen LogP contribution < -0.4 is 4.74 Å². The third-order valence-corrected chi connectivity index (χ3v) is 5.20. The number of amides is 1. The average molecular weight is 398 g/mol. The molecule has 1 aliphatic heterocycles. The van der Waals surface area contributed by atoms with Gasteiger partial charge in [0.15, 0.2) is 0 Å². The number of nitrogens with zero attached hydrogens (tertiary/aromatic N) is 2. The van der Waals surface area contributed by atoms with Crippen molar-refractivity contribution in [3.05, 3.63) is 59.4 Å². The fourth-order valence-electron chi connectivity index (χ4n) is 3.62. The van der Waals surface area contributed by atoms with Gasteiger partial charge in [0.2, 0.25) is 0 Å². The van der Waals surface area contributed by atoms with Crippen molar-refractivity contribution in [3.63, 3.8) is 0 Å². The second-order valence-electron chi connectivity index (χ2n) is 7.47. The molecule has 154 valence electrons. The third-order valence-electron chi connectivity index (χ3n) is 5.20. The number of aryl methyl sites for hydroxylation is 1. The summed E-state index contributed by atoms with van der Waals surface area (Å²) in [7, 11) is 1.48. The van der Waals surface area contributed by atoms with Gasteiger partial charge < -0.3 is 19.5 Å². The Labute approximate surface area is 170 Å². The van der Waals surface area contributed by atoms with Crippen LogP contribution in [0.15, 0.2) is 42.6 Å². The first kappa shape index (κ1) is 20.8. The number of carbonyl (C=O) groups is 2. The molecule has 0 bridgehead atoms. The number of carbonyl (C=O) groups excluding carboxylic acids is 1. The first-order valence-electron chi connectivity index (χ1n) is 9.59. The monoisotopic (exact) mass is 398 g/mol. The van der Waals surface area contributed by atoms with Crippen LogP contribution in [0.5, 0.6) is 5.75 Å². The molecule has 0 spiro atoms. The molecule has 1 atom stereocenters. The van der Waals surface area contributed by atoms with Crippen LogP contribution in [0.3, 0.4) is 0 Å². The van der Waals surface area contributed by atoms with Gasteiger partial charge in [-0.05, 0) is 49.6 Å². The number of aliphatic carboxylic acids is 1. The highest BCUT2D eigenvalue weighted by atomic mass is 16.5. The predicted molar refractivity (Wildman–Crippen MR) is 107 cm³/mol. The summed E-state index contributed by atoms with van der Waals surface area (Å²) in [6, 6.07) is 11.0. The minimum Gasteiger partial charge on any atom is -0.487 e. The molecule has 1 unspecified atom stereocenters. The topological polar surface area (TPSA) is 89.0 Å². The summed E-state index contributed by atoms with van der Waals surface area (Å²) in [6.07, 6.45) is 2.79. The summed E-state index contributed by atoms with van der Waals surface area (Å²) in [6.45, 7) is 2.99. The van der Waals surface area contributed by atoms with E-state index in [2.05, 4.69) is 4.98 Å². The van der Waals surface area contributed by atoms with Gasteiger partial charge in [-0.2, -0.15) is 0 Å². The number of benzene rings is 1. The molecule has 29 heavy (non-hydrogen) atoms. The van der Waals surface area contributed by atoms with Crippen molar-refractivity contribution in [1.29, 1.82) is 0 Å². The molecule has 3 rings (SSSR count). The minimum atomic E-state index is -1.05. The molecule has 0 aliphatic carbocycles. The van der Waals surface area contributed by atoms with E-state index in [0.717, 1.165) is 11.3 Å². The molecule has 1 amide bonds. The highest BCUT2D eigenvalue weighted by Gasteiger charge is 2.44. The molecule has 1 aliphatic rings. The number of aromatic nitrogens is 1. The van der Waals surface area contributed by atoms with Crippen molar-refractivity contribution in [1.82, 2.24) is 9.88 Å². The SMILES string of the molecule is COCC1(C(=O)O)CCCN(C(=O)c2cccc(COc3ccc(C)nc3)c2)C1. The lowest BCUT2D eigenvalue weighted by Crippen LogP contribution is -2.52. The molecule has 1 N–H and O–H groups in total. The molecule has 1 aromatic carbocycles. The van der Waals surface area contributed by atoms with Crippen LogP contribution in [-0.2, 0) is 16.1 Å². The molecular weight excluding hydrogens is 372 g/mol. The highest BCUT2D eigenvalue weighted by Crippen LogP contribution is 2.31. The normalized spacial score (nSPS) is 19.0. The number of methoxy groups -OCH3 is 1. The predicted octanol–water partition coefficient (Wildman–Crippen LogP) is 2.92. The van der Waals surface area contributed by atoms with Crippen LogP contribution in [0.2, 0.25) is 0 Å². The number of rotatable bonds is 7. The number of piperidine rings is 1. The fourth-order valence-corrected chi connectivity index (χ4v) is 3.62. The number of hydrogen-bond donors (Lipinski definition) is 1. The number of likely N-dealkylation sites (tertiary alicyclic amines) is 1. The van der Waals surface area contributed by atoms with Crippen molar-refractivity contribution in [2.75, 3.05) is 26.8 Å². The smallest absolute Gasteiger partial charge is 0.313 e. The molecule has 1 aromatic heterocycles. The van der Waals surface area contributed by atoms with Crippen molar-refractivity contribution < 1.29 is 24.2 Å². The Morgan fingerprint density at radius 1 is 1.28 bits per heavy atom. The summed E-state index contributed by atoms with van der Waals surface area (Å²) in [5, 5.41) is 9.69. The van der Waals surface area contributed by atoms with E-state index in [-0.39, 0.29) is 19.1 Å². The highest BCUT2D eigenvalue weighted by molar-refractivity contribution is 5.95. The average Bonchev–Trinajstić information content (AvgIpc) is 2.73. The quantitative estimate of drug-likeness (QED) is 0.771. The Bertz CT molecular complexity index is 864. The summed E-state index contributed by atoms with van der Waals surface area (Å²) in [4.78, 5) is 30.7. The van der Waals surface area contributed by atoms with E-state index in [0.29, 0.717) is 37.3 Å². The van der Waals surface area contributed by atoms with Gasteiger partial charge in [-0.15, -0.1) is 0 Å². The largest absolute Gasteiger partial charge is 0.487 e. The number of pyridine rings is 1. The molecule has 7 nitrogen and oxygen atoms in total. The molecule has 7 heteroatoms. The second-order valence-corrected chi connectivity index (χ2v) is 7.47. The molecule has 1 fully saturated rings. The van der Waals surface area contributed by atoms with Crippen LogP contribution >= 0.6 is 0 Å². The standard InChI is InChI=1S/C22H26N2O5/c1-16-7-8-19(12-23-16)29-13-17-5-3-6-18(11-17)20(25)24-10-4-9-22(14-24,15-28-2)21(26)27/h3,5-8,11-12H,4,9-10,13-15H2,1-2H3,(H,26,27). The second kappa shape index (κ2) is 9.05. The van der Waals surface area contributed by atoms with Gasteiger partial charge in [-0.3, -0.25) is 14.6 Å². The van der Waals surface area contributed by atoms with Gasteiger partial charge in [0.1, 0.15) is 17.8 Å². The van der Waals surface area contributed by atoms with Crippen LogP contribution in [0, 0.1) is 12.3 Å². The summed E-state index contributed by atoms with van der Waals surface area (Å²) < 4.78 is 10.9. The van der Waals surface area contributed by atoms with E-state index in [1.54, 1.807) is 23.2 Å². The number of carboxylic acid groups (broad SMARTS) is 1. The molecule has 0 radical (unpaired) electrons. The van der Waals surface area contributed by atoms with Crippen molar-refractivity contribution >= 4 is 11.9 Å². The first-order chi connectivity index (χ1) is 13.9. The summed E-state index contributed by atoms with van der Waals surface area (Å²) in [5.74, 6) is -0.440. The van der Waals surface area contributed by atoms with Crippen LogP contribution in [0.25, 0.3) is 0 Å². The lowest BCUT2D eigenvalue weighted by atomic mass is 9.80. The molecule has 2 aromatic rings. The fraction of sp³-hybridized carbons (Fsp3) is 0.409. The van der Waals surface area contributed by atoms with Crippen molar-refractivity contribution in [2.24, 2.45) is 5.41 Å². The van der Waals surface area contributed by atoms with E-state index >= 15 is 0 Å². The number of hydrogen-bond acceptors (Lipinski definition) is 5. The number of ether oxygens (including phenoxy) is 2. The Morgan fingerprint density at radius 2 is 2.10 bits per heavy atom. The maximum atomic E-state index is 13.0. The van der Waals surface area contributed by atoms with Crippen LogP contribution in [0.4, 0.5) is 0 Å². The van der Waals surface area contributed by atoms with Crippen LogP contribution in [0.1, 0.15) is 34.5 Å². The van der Waals surface area contributed by atoms with Gasteiger partial charge in [-0.25, -0.2) is 0 Å². The lowest BCUT2D eigenvalue weighted by molar-refractivity contribution is -0.155.